The van der Waals surface area contributed by atoms with E-state index in [1.54, 1.807) is 17.0 Å². The van der Waals surface area contributed by atoms with Crippen molar-refractivity contribution in [3.63, 3.8) is 0 Å². The van der Waals surface area contributed by atoms with Crippen molar-refractivity contribution in [3.8, 4) is 17.2 Å². The molecule has 2 rings (SSSR count). The van der Waals surface area contributed by atoms with Crippen LogP contribution in [0.2, 0.25) is 0 Å². The molecular weight excluding hydrogens is 302 g/mol. The number of aliphatic hydroxyl groups is 2. The van der Waals surface area contributed by atoms with Crippen LogP contribution < -0.4 is 14.2 Å². The summed E-state index contributed by atoms with van der Waals surface area (Å²) in [5, 5.41) is 19.2. The van der Waals surface area contributed by atoms with Gasteiger partial charge in [0.2, 0.25) is 0 Å². The van der Waals surface area contributed by atoms with E-state index < -0.39 is 6.10 Å². The topological polar surface area (TPSA) is 88.5 Å². The second kappa shape index (κ2) is 7.52. The second-order valence-electron chi connectivity index (χ2n) is 5.46. The maximum Gasteiger partial charge on any atom is 0.257 e. The average Bonchev–Trinajstić information content (AvgIpc) is 2.59. The standard InChI is InChI=1S/C16H23NO6/c1-21-13-7-15(23-3)14(22-2)6-11(13)16(20)17-5-4-10(9-18)12(19)8-17/h6-7,10,12,18-19H,4-5,8-9H2,1-3H3/t10-,12+/m0/s1. The van der Waals surface area contributed by atoms with Crippen LogP contribution in [0.1, 0.15) is 16.8 Å². The highest BCUT2D eigenvalue weighted by Crippen LogP contribution is 2.35. The van der Waals surface area contributed by atoms with E-state index in [4.69, 9.17) is 14.2 Å². The van der Waals surface area contributed by atoms with Gasteiger partial charge in [-0.3, -0.25) is 4.79 Å². The van der Waals surface area contributed by atoms with Crippen molar-refractivity contribution in [2.45, 2.75) is 12.5 Å². The summed E-state index contributed by atoms with van der Waals surface area (Å²) < 4.78 is 15.7. The number of amides is 1. The average molecular weight is 325 g/mol. The van der Waals surface area contributed by atoms with Gasteiger partial charge in [0.05, 0.1) is 33.0 Å². The van der Waals surface area contributed by atoms with Crippen molar-refractivity contribution in [2.24, 2.45) is 5.92 Å². The Labute approximate surface area is 135 Å². The van der Waals surface area contributed by atoms with Gasteiger partial charge in [-0.1, -0.05) is 0 Å². The maximum absolute atomic E-state index is 12.8. The van der Waals surface area contributed by atoms with Crippen molar-refractivity contribution in [1.29, 1.82) is 0 Å². The number of benzene rings is 1. The minimum atomic E-state index is -0.733. The van der Waals surface area contributed by atoms with Gasteiger partial charge in [0, 0.05) is 37.7 Å². The third-order valence-corrected chi connectivity index (χ3v) is 4.18. The molecule has 0 spiro atoms. The van der Waals surface area contributed by atoms with Crippen LogP contribution in [-0.4, -0.2) is 68.1 Å². The molecule has 1 fully saturated rings. The number of carbonyl (C=O) groups excluding carboxylic acids is 1. The Morgan fingerprint density at radius 2 is 1.78 bits per heavy atom. The van der Waals surface area contributed by atoms with Gasteiger partial charge in [-0.15, -0.1) is 0 Å². The van der Waals surface area contributed by atoms with Gasteiger partial charge in [-0.25, -0.2) is 0 Å². The Hall–Kier alpha value is -1.99. The molecule has 2 atom stereocenters. The lowest BCUT2D eigenvalue weighted by Crippen LogP contribution is -2.47. The first-order valence-corrected chi connectivity index (χ1v) is 7.43. The lowest BCUT2D eigenvalue weighted by atomic mass is 9.94. The third kappa shape index (κ3) is 3.51. The monoisotopic (exact) mass is 325 g/mol. The Balaban J connectivity index is 2.28. The third-order valence-electron chi connectivity index (χ3n) is 4.18. The Kier molecular flexibility index (Phi) is 5.68. The number of rotatable bonds is 5. The molecule has 0 unspecified atom stereocenters. The minimum absolute atomic E-state index is 0.0805. The molecule has 1 heterocycles. The van der Waals surface area contributed by atoms with Crippen molar-refractivity contribution < 1.29 is 29.2 Å². The number of ether oxygens (including phenoxy) is 3. The van der Waals surface area contributed by atoms with Crippen LogP contribution in [0.15, 0.2) is 12.1 Å². The predicted molar refractivity (Wildman–Crippen MR) is 83.2 cm³/mol. The number of hydrogen-bond donors (Lipinski definition) is 2. The summed E-state index contributed by atoms with van der Waals surface area (Å²) in [7, 11) is 4.48. The number of β-amino-alcohol motifs (C(OH)–C–C–N with tert-alkyl or cyclic N) is 1. The number of carbonyl (C=O) groups is 1. The van der Waals surface area contributed by atoms with E-state index in [-0.39, 0.29) is 25.0 Å². The largest absolute Gasteiger partial charge is 0.496 e. The molecule has 0 bridgehead atoms. The molecule has 1 aliphatic heterocycles. The Morgan fingerprint density at radius 1 is 1.17 bits per heavy atom. The van der Waals surface area contributed by atoms with Crippen LogP contribution in [0.5, 0.6) is 17.2 Å². The number of piperidine rings is 1. The highest BCUT2D eigenvalue weighted by Gasteiger charge is 2.31. The van der Waals surface area contributed by atoms with E-state index in [0.29, 0.717) is 35.8 Å². The summed E-state index contributed by atoms with van der Waals surface area (Å²) in [4.78, 5) is 14.3. The van der Waals surface area contributed by atoms with E-state index in [9.17, 15) is 15.0 Å². The van der Waals surface area contributed by atoms with Crippen LogP contribution in [0.4, 0.5) is 0 Å². The summed E-state index contributed by atoms with van der Waals surface area (Å²) >= 11 is 0. The summed E-state index contributed by atoms with van der Waals surface area (Å²) in [5.41, 5.74) is 0.347. The number of hydrogen-bond acceptors (Lipinski definition) is 6. The zero-order chi connectivity index (χ0) is 17.0. The molecule has 23 heavy (non-hydrogen) atoms. The van der Waals surface area contributed by atoms with Crippen molar-refractivity contribution in [2.75, 3.05) is 41.0 Å². The van der Waals surface area contributed by atoms with Crippen LogP contribution in [0.25, 0.3) is 0 Å². The quantitative estimate of drug-likeness (QED) is 0.821. The van der Waals surface area contributed by atoms with Crippen molar-refractivity contribution in [3.05, 3.63) is 17.7 Å². The predicted octanol–water partition coefficient (Wildman–Crippen LogP) is 0.528. The van der Waals surface area contributed by atoms with Gasteiger partial charge >= 0.3 is 0 Å². The molecule has 0 aliphatic carbocycles. The van der Waals surface area contributed by atoms with Gasteiger partial charge < -0.3 is 29.3 Å². The van der Waals surface area contributed by atoms with Gasteiger partial charge in [0.25, 0.3) is 5.91 Å². The minimum Gasteiger partial charge on any atom is -0.496 e. The van der Waals surface area contributed by atoms with Gasteiger partial charge in [-0.05, 0) is 6.42 Å². The number of nitrogens with zero attached hydrogens (tertiary/aromatic N) is 1. The van der Waals surface area contributed by atoms with Crippen LogP contribution in [-0.2, 0) is 0 Å². The molecule has 7 heteroatoms. The fraction of sp³-hybridized carbons (Fsp3) is 0.562. The molecule has 0 saturated carbocycles. The van der Waals surface area contributed by atoms with Gasteiger partial charge in [0.1, 0.15) is 5.75 Å². The fourth-order valence-electron chi connectivity index (χ4n) is 2.74. The number of aliphatic hydroxyl groups excluding tert-OH is 2. The molecule has 1 amide bonds. The molecule has 2 N–H and O–H groups in total. The summed E-state index contributed by atoms with van der Waals surface area (Å²) in [6.07, 6.45) is -0.178. The molecule has 1 saturated heterocycles. The first-order valence-electron chi connectivity index (χ1n) is 7.43. The highest BCUT2D eigenvalue weighted by molar-refractivity contribution is 5.98. The van der Waals surface area contributed by atoms with Crippen LogP contribution >= 0.6 is 0 Å². The molecule has 1 aliphatic rings. The van der Waals surface area contributed by atoms with Crippen LogP contribution in [0, 0.1) is 5.92 Å². The Morgan fingerprint density at radius 3 is 2.30 bits per heavy atom. The van der Waals surface area contributed by atoms with Gasteiger partial charge in [0.15, 0.2) is 11.5 Å². The molecule has 1 aromatic rings. The van der Waals surface area contributed by atoms with Crippen molar-refractivity contribution in [1.82, 2.24) is 4.90 Å². The first kappa shape index (κ1) is 17.4. The van der Waals surface area contributed by atoms with E-state index in [1.807, 2.05) is 0 Å². The normalized spacial score (nSPS) is 21.0. The second-order valence-corrected chi connectivity index (χ2v) is 5.46. The Bertz CT molecular complexity index is 562. The molecule has 0 radical (unpaired) electrons. The summed E-state index contributed by atoms with van der Waals surface area (Å²) in [5.74, 6) is 0.846. The molecule has 128 valence electrons. The lowest BCUT2D eigenvalue weighted by molar-refractivity contribution is 0.000754. The smallest absolute Gasteiger partial charge is 0.257 e. The maximum atomic E-state index is 12.8. The zero-order valence-electron chi connectivity index (χ0n) is 13.6. The van der Waals surface area contributed by atoms with Crippen molar-refractivity contribution >= 4 is 5.91 Å². The molecular formula is C16H23NO6. The summed E-state index contributed by atoms with van der Waals surface area (Å²) in [6.45, 7) is 0.572. The fourth-order valence-corrected chi connectivity index (χ4v) is 2.74. The number of methoxy groups -OCH3 is 3. The lowest BCUT2D eigenvalue weighted by Gasteiger charge is -2.35. The number of likely N-dealkylation sites (tertiary alicyclic amines) is 1. The SMILES string of the molecule is COc1cc(OC)c(C(=O)N2CC[C@@H](CO)[C@H](O)C2)cc1OC. The highest BCUT2D eigenvalue weighted by atomic mass is 16.5. The van der Waals surface area contributed by atoms with E-state index in [2.05, 4.69) is 0 Å². The molecule has 7 nitrogen and oxygen atoms in total. The van der Waals surface area contributed by atoms with E-state index in [0.717, 1.165) is 0 Å². The molecule has 0 aromatic heterocycles. The zero-order valence-corrected chi connectivity index (χ0v) is 13.6. The molecule has 1 aromatic carbocycles. The summed E-state index contributed by atoms with van der Waals surface area (Å²) in [6, 6.07) is 3.17. The van der Waals surface area contributed by atoms with E-state index in [1.165, 1.54) is 21.3 Å². The first-order chi connectivity index (χ1) is 11.0. The van der Waals surface area contributed by atoms with Crippen LogP contribution in [0.3, 0.4) is 0 Å². The van der Waals surface area contributed by atoms with E-state index >= 15 is 0 Å². The van der Waals surface area contributed by atoms with Gasteiger partial charge in [-0.2, -0.15) is 0 Å².